The second kappa shape index (κ2) is 7.03. The molecule has 2 aromatic carbocycles. The van der Waals surface area contributed by atoms with Gasteiger partial charge in [-0.1, -0.05) is 41.9 Å². The van der Waals surface area contributed by atoms with E-state index < -0.39 is 0 Å². The third-order valence-corrected chi connectivity index (χ3v) is 5.26. The summed E-state index contributed by atoms with van der Waals surface area (Å²) in [5, 5.41) is 9.26. The minimum absolute atomic E-state index is 0.525. The third-order valence-electron chi connectivity index (χ3n) is 5.00. The number of hydrogen-bond donors (Lipinski definition) is 1. The largest absolute Gasteiger partial charge is 0.317 e. The maximum atomic E-state index is 6.09. The molecule has 1 N–H and O–H groups in total. The summed E-state index contributed by atoms with van der Waals surface area (Å²) < 4.78 is 2.09. The molecule has 2 heterocycles. The van der Waals surface area contributed by atoms with E-state index in [0.717, 1.165) is 47.9 Å². The van der Waals surface area contributed by atoms with Gasteiger partial charge in [0.25, 0.3) is 0 Å². The van der Waals surface area contributed by atoms with Gasteiger partial charge in [-0.25, -0.2) is 4.68 Å². The molecular weight excluding hydrogens is 330 g/mol. The van der Waals surface area contributed by atoms with Crippen LogP contribution in [0.5, 0.6) is 0 Å². The van der Waals surface area contributed by atoms with Crippen molar-refractivity contribution in [3.8, 4) is 16.9 Å². The molecular formula is C21H22ClN3. The Labute approximate surface area is 153 Å². The van der Waals surface area contributed by atoms with E-state index in [4.69, 9.17) is 16.7 Å². The Hall–Kier alpha value is -2.10. The van der Waals surface area contributed by atoms with Crippen molar-refractivity contribution in [3.05, 3.63) is 70.9 Å². The van der Waals surface area contributed by atoms with Crippen LogP contribution in [0.4, 0.5) is 0 Å². The first-order valence-electron chi connectivity index (χ1n) is 8.85. The lowest BCUT2D eigenvalue weighted by Gasteiger charge is -2.21. The summed E-state index contributed by atoms with van der Waals surface area (Å²) in [5.74, 6) is 0.525. The second-order valence-corrected chi connectivity index (χ2v) is 7.07. The van der Waals surface area contributed by atoms with Crippen LogP contribution in [0.25, 0.3) is 16.9 Å². The Kier molecular flexibility index (Phi) is 4.60. The van der Waals surface area contributed by atoms with Gasteiger partial charge in [0, 0.05) is 16.5 Å². The molecule has 3 nitrogen and oxygen atoms in total. The molecule has 0 atom stereocenters. The summed E-state index contributed by atoms with van der Waals surface area (Å²) >= 11 is 6.09. The van der Waals surface area contributed by atoms with E-state index in [2.05, 4.69) is 53.3 Å². The smallest absolute Gasteiger partial charge is 0.0773 e. The minimum Gasteiger partial charge on any atom is -0.317 e. The van der Waals surface area contributed by atoms with Gasteiger partial charge in [0.15, 0.2) is 0 Å². The first-order valence-corrected chi connectivity index (χ1v) is 9.23. The van der Waals surface area contributed by atoms with Gasteiger partial charge in [-0.3, -0.25) is 0 Å². The molecule has 1 fully saturated rings. The zero-order valence-electron chi connectivity index (χ0n) is 14.4. The van der Waals surface area contributed by atoms with Crippen LogP contribution in [0.15, 0.2) is 54.6 Å². The average molecular weight is 352 g/mol. The number of nitrogens with zero attached hydrogens (tertiary/aromatic N) is 2. The molecule has 0 radical (unpaired) electrons. The summed E-state index contributed by atoms with van der Waals surface area (Å²) in [4.78, 5) is 0. The molecule has 1 aliphatic rings. The molecule has 0 saturated carbocycles. The molecule has 1 aliphatic heterocycles. The number of benzene rings is 2. The van der Waals surface area contributed by atoms with Crippen molar-refractivity contribution in [2.24, 2.45) is 0 Å². The van der Waals surface area contributed by atoms with E-state index in [-0.39, 0.29) is 0 Å². The summed E-state index contributed by atoms with van der Waals surface area (Å²) in [6.07, 6.45) is 2.29. The van der Waals surface area contributed by atoms with Gasteiger partial charge in [0.2, 0.25) is 0 Å². The molecule has 0 bridgehead atoms. The Bertz CT molecular complexity index is 847. The molecule has 25 heavy (non-hydrogen) atoms. The lowest BCUT2D eigenvalue weighted by molar-refractivity contribution is 0.450. The monoisotopic (exact) mass is 351 g/mol. The SMILES string of the molecule is Cc1c(C2CCNCC2)nn(-c2ccccc2)c1-c1ccc(Cl)cc1. The number of hydrogen-bond acceptors (Lipinski definition) is 2. The summed E-state index contributed by atoms with van der Waals surface area (Å²) in [6.45, 7) is 4.34. The molecule has 1 aromatic heterocycles. The number of halogens is 1. The minimum atomic E-state index is 0.525. The molecule has 4 rings (SSSR count). The fraction of sp³-hybridized carbons (Fsp3) is 0.286. The predicted molar refractivity (Wildman–Crippen MR) is 104 cm³/mol. The van der Waals surface area contributed by atoms with Gasteiger partial charge >= 0.3 is 0 Å². The van der Waals surface area contributed by atoms with E-state index in [1.165, 1.54) is 11.3 Å². The number of para-hydroxylation sites is 1. The Morgan fingerprint density at radius 2 is 1.68 bits per heavy atom. The number of nitrogens with one attached hydrogen (secondary N) is 1. The van der Waals surface area contributed by atoms with Crippen LogP contribution in [0.3, 0.4) is 0 Å². The zero-order chi connectivity index (χ0) is 17.2. The highest BCUT2D eigenvalue weighted by atomic mass is 35.5. The van der Waals surface area contributed by atoms with E-state index in [9.17, 15) is 0 Å². The fourth-order valence-corrected chi connectivity index (χ4v) is 3.82. The van der Waals surface area contributed by atoms with E-state index in [0.29, 0.717) is 5.92 Å². The van der Waals surface area contributed by atoms with Crippen molar-refractivity contribution in [2.45, 2.75) is 25.7 Å². The van der Waals surface area contributed by atoms with Gasteiger partial charge in [0.1, 0.15) is 0 Å². The topological polar surface area (TPSA) is 29.9 Å². The van der Waals surface area contributed by atoms with Crippen molar-refractivity contribution in [1.82, 2.24) is 15.1 Å². The Morgan fingerprint density at radius 1 is 1.00 bits per heavy atom. The van der Waals surface area contributed by atoms with Crippen LogP contribution in [-0.2, 0) is 0 Å². The standard InChI is InChI=1S/C21H22ClN3/c1-15-20(16-11-13-23-14-12-16)24-25(19-5-3-2-4-6-19)21(15)17-7-9-18(22)10-8-17/h2-10,16,23H,11-14H2,1H3. The van der Waals surface area contributed by atoms with Gasteiger partial charge in [-0.15, -0.1) is 0 Å². The van der Waals surface area contributed by atoms with E-state index in [1.54, 1.807) is 0 Å². The normalized spacial score (nSPS) is 15.4. The second-order valence-electron chi connectivity index (χ2n) is 6.64. The highest BCUT2D eigenvalue weighted by Gasteiger charge is 2.24. The van der Waals surface area contributed by atoms with Crippen molar-refractivity contribution in [3.63, 3.8) is 0 Å². The molecule has 0 aliphatic carbocycles. The third kappa shape index (κ3) is 3.22. The van der Waals surface area contributed by atoms with Crippen LogP contribution in [-0.4, -0.2) is 22.9 Å². The van der Waals surface area contributed by atoms with Crippen LogP contribution < -0.4 is 5.32 Å². The zero-order valence-corrected chi connectivity index (χ0v) is 15.1. The van der Waals surface area contributed by atoms with Crippen molar-refractivity contribution in [1.29, 1.82) is 0 Å². The number of piperidine rings is 1. The molecule has 128 valence electrons. The number of aromatic nitrogens is 2. The van der Waals surface area contributed by atoms with Crippen molar-refractivity contribution in [2.75, 3.05) is 13.1 Å². The quantitative estimate of drug-likeness (QED) is 0.722. The van der Waals surface area contributed by atoms with Crippen LogP contribution in [0.1, 0.15) is 30.0 Å². The van der Waals surface area contributed by atoms with Gasteiger partial charge < -0.3 is 5.32 Å². The van der Waals surface area contributed by atoms with Gasteiger partial charge in [-0.2, -0.15) is 5.10 Å². The average Bonchev–Trinajstić information content (AvgIpc) is 3.01. The number of rotatable bonds is 3. The fourth-order valence-electron chi connectivity index (χ4n) is 3.70. The van der Waals surface area contributed by atoms with Gasteiger partial charge in [-0.05, 0) is 62.7 Å². The Morgan fingerprint density at radius 3 is 2.36 bits per heavy atom. The maximum absolute atomic E-state index is 6.09. The summed E-state index contributed by atoms with van der Waals surface area (Å²) in [7, 11) is 0. The highest BCUT2D eigenvalue weighted by molar-refractivity contribution is 6.30. The van der Waals surface area contributed by atoms with E-state index in [1.807, 2.05) is 18.2 Å². The molecule has 0 amide bonds. The maximum Gasteiger partial charge on any atom is 0.0773 e. The molecule has 1 saturated heterocycles. The van der Waals surface area contributed by atoms with E-state index >= 15 is 0 Å². The van der Waals surface area contributed by atoms with Crippen LogP contribution in [0, 0.1) is 6.92 Å². The highest BCUT2D eigenvalue weighted by Crippen LogP contribution is 2.35. The molecule has 0 unspecified atom stereocenters. The molecule has 0 spiro atoms. The molecule has 4 heteroatoms. The van der Waals surface area contributed by atoms with Crippen molar-refractivity contribution < 1.29 is 0 Å². The lowest BCUT2D eigenvalue weighted by atomic mass is 9.91. The summed E-state index contributed by atoms with van der Waals surface area (Å²) in [6, 6.07) is 18.4. The van der Waals surface area contributed by atoms with Crippen molar-refractivity contribution >= 4 is 11.6 Å². The van der Waals surface area contributed by atoms with Gasteiger partial charge in [0.05, 0.1) is 17.1 Å². The summed E-state index contributed by atoms with van der Waals surface area (Å²) in [5.41, 5.74) is 5.92. The molecule has 3 aromatic rings. The van der Waals surface area contributed by atoms with Crippen LogP contribution in [0.2, 0.25) is 5.02 Å². The Balaban J connectivity index is 1.87. The first kappa shape index (κ1) is 16.4. The predicted octanol–water partition coefficient (Wildman–Crippen LogP) is 4.97. The first-order chi connectivity index (χ1) is 12.2. The lowest BCUT2D eigenvalue weighted by Crippen LogP contribution is -2.27. The van der Waals surface area contributed by atoms with Crippen LogP contribution >= 0.6 is 11.6 Å².